The molecule has 0 aliphatic heterocycles. The lowest BCUT2D eigenvalue weighted by atomic mass is 9.99. The van der Waals surface area contributed by atoms with Gasteiger partial charge in [-0.2, -0.15) is 0 Å². The summed E-state index contributed by atoms with van der Waals surface area (Å²) in [5.74, 6) is 1.56. The molecule has 23 heavy (non-hydrogen) atoms. The van der Waals surface area contributed by atoms with Crippen LogP contribution in [0.15, 0.2) is 48.5 Å². The molecule has 0 fully saturated rings. The minimum Gasteiger partial charge on any atom is -0.0651 e. The monoisotopic (exact) mass is 322 g/mol. The van der Waals surface area contributed by atoms with Crippen LogP contribution in [-0.2, 0) is 12.8 Å². The Morgan fingerprint density at radius 1 is 0.652 bits per heavy atom. The van der Waals surface area contributed by atoms with Crippen molar-refractivity contribution in [2.45, 2.75) is 53.4 Å². The molecule has 0 aliphatic rings. The maximum atomic E-state index is 2.33. The second kappa shape index (κ2) is 9.07. The minimum absolute atomic E-state index is 0.762. The van der Waals surface area contributed by atoms with E-state index in [1.165, 1.54) is 47.2 Å². The highest BCUT2D eigenvalue weighted by Gasteiger charge is 2.04. The van der Waals surface area contributed by atoms with Gasteiger partial charge in [-0.25, -0.2) is 0 Å². The fourth-order valence-corrected chi connectivity index (χ4v) is 3.71. The molecule has 0 aliphatic carbocycles. The summed E-state index contributed by atoms with van der Waals surface area (Å²) in [5, 5.41) is 2.88. The quantitative estimate of drug-likeness (QED) is 0.627. The predicted octanol–water partition coefficient (Wildman–Crippen LogP) is 4.52. The van der Waals surface area contributed by atoms with Crippen LogP contribution in [-0.4, -0.2) is 9.52 Å². The SMILES string of the molecule is CC[C@H](C)Cc1ccc([Si]c2ccc(C[C@@H](C)CC)cc2)cc1. The third-order valence-corrected chi connectivity index (χ3v) is 6.00. The van der Waals surface area contributed by atoms with Crippen LogP contribution in [0.4, 0.5) is 0 Å². The summed E-state index contributed by atoms with van der Waals surface area (Å²) in [4.78, 5) is 0. The highest BCUT2D eigenvalue weighted by Crippen LogP contribution is 2.11. The van der Waals surface area contributed by atoms with E-state index in [2.05, 4.69) is 76.2 Å². The van der Waals surface area contributed by atoms with Gasteiger partial charge >= 0.3 is 0 Å². The van der Waals surface area contributed by atoms with Crippen molar-refractivity contribution in [3.63, 3.8) is 0 Å². The molecule has 0 saturated heterocycles. The van der Waals surface area contributed by atoms with Crippen LogP contribution in [0.5, 0.6) is 0 Å². The molecular weight excluding hydrogens is 292 g/mol. The summed E-state index contributed by atoms with van der Waals surface area (Å²) >= 11 is 0. The van der Waals surface area contributed by atoms with E-state index in [-0.39, 0.29) is 0 Å². The van der Waals surface area contributed by atoms with Crippen molar-refractivity contribution in [3.05, 3.63) is 59.7 Å². The van der Waals surface area contributed by atoms with Gasteiger partial charge in [-0.3, -0.25) is 0 Å². The summed E-state index contributed by atoms with van der Waals surface area (Å²) in [6.07, 6.45) is 4.91. The molecule has 0 spiro atoms. The van der Waals surface area contributed by atoms with Crippen LogP contribution < -0.4 is 10.4 Å². The van der Waals surface area contributed by atoms with Crippen LogP contribution in [0.1, 0.15) is 51.7 Å². The number of rotatable bonds is 8. The van der Waals surface area contributed by atoms with Crippen LogP contribution in [0.3, 0.4) is 0 Å². The Morgan fingerprint density at radius 3 is 1.30 bits per heavy atom. The van der Waals surface area contributed by atoms with Gasteiger partial charge < -0.3 is 0 Å². The van der Waals surface area contributed by atoms with Gasteiger partial charge in [-0.15, -0.1) is 0 Å². The fourth-order valence-electron chi connectivity index (χ4n) is 2.71. The zero-order valence-electron chi connectivity index (χ0n) is 15.1. The van der Waals surface area contributed by atoms with E-state index >= 15 is 0 Å². The third kappa shape index (κ3) is 5.99. The second-order valence-electron chi connectivity index (χ2n) is 6.95. The van der Waals surface area contributed by atoms with Gasteiger partial charge in [0.2, 0.25) is 0 Å². The molecule has 0 heterocycles. The maximum absolute atomic E-state index is 2.33. The third-order valence-electron chi connectivity index (χ3n) is 4.76. The molecule has 122 valence electrons. The first-order chi connectivity index (χ1) is 11.1. The van der Waals surface area contributed by atoms with Crippen LogP contribution in [0.2, 0.25) is 0 Å². The zero-order valence-corrected chi connectivity index (χ0v) is 16.1. The summed E-state index contributed by atoms with van der Waals surface area (Å²) < 4.78 is 0. The lowest BCUT2D eigenvalue weighted by Crippen LogP contribution is -2.26. The van der Waals surface area contributed by atoms with E-state index < -0.39 is 0 Å². The highest BCUT2D eigenvalue weighted by molar-refractivity contribution is 6.67. The van der Waals surface area contributed by atoms with Crippen LogP contribution in [0.25, 0.3) is 0 Å². The summed E-state index contributed by atoms with van der Waals surface area (Å²) in [5.41, 5.74) is 2.94. The van der Waals surface area contributed by atoms with Crippen molar-refractivity contribution in [1.29, 1.82) is 0 Å². The number of benzene rings is 2. The summed E-state index contributed by atoms with van der Waals surface area (Å²) in [7, 11) is 0.762. The summed E-state index contributed by atoms with van der Waals surface area (Å²) in [6, 6.07) is 18.5. The molecule has 0 amide bonds. The first-order valence-electron chi connectivity index (χ1n) is 9.05. The Bertz CT molecular complexity index is 514. The zero-order chi connectivity index (χ0) is 16.7. The molecule has 2 aromatic rings. The lowest BCUT2D eigenvalue weighted by Gasteiger charge is -2.10. The van der Waals surface area contributed by atoms with Crippen molar-refractivity contribution in [1.82, 2.24) is 0 Å². The molecule has 2 atom stereocenters. The van der Waals surface area contributed by atoms with Crippen LogP contribution >= 0.6 is 0 Å². The Balaban J connectivity index is 1.94. The molecule has 2 rings (SSSR count). The largest absolute Gasteiger partial charge is 0.121 e. The van der Waals surface area contributed by atoms with Crippen molar-refractivity contribution >= 4 is 19.9 Å². The van der Waals surface area contributed by atoms with Gasteiger partial charge in [0, 0.05) is 0 Å². The molecule has 0 aromatic heterocycles. The molecule has 0 N–H and O–H groups in total. The highest BCUT2D eigenvalue weighted by atomic mass is 28.2. The molecule has 2 radical (unpaired) electrons. The maximum Gasteiger partial charge on any atom is 0.121 e. The Morgan fingerprint density at radius 2 is 1.00 bits per heavy atom. The topological polar surface area (TPSA) is 0 Å². The first kappa shape index (κ1) is 18.0. The molecule has 0 saturated carbocycles. The van der Waals surface area contributed by atoms with Gasteiger partial charge in [0.25, 0.3) is 0 Å². The standard InChI is InChI=1S/C22H30Si/c1-5-17(3)15-19-7-11-21(12-8-19)23-22-13-9-20(10-14-22)16-18(4)6-2/h7-14,17-18H,5-6,15-16H2,1-4H3/t17-,18-/m0/s1. The Hall–Kier alpha value is -1.34. The predicted molar refractivity (Wildman–Crippen MR) is 104 cm³/mol. The van der Waals surface area contributed by atoms with E-state index in [0.717, 1.165) is 21.4 Å². The van der Waals surface area contributed by atoms with Crippen molar-refractivity contribution in [2.24, 2.45) is 11.8 Å². The molecule has 0 bridgehead atoms. The first-order valence-corrected chi connectivity index (χ1v) is 10.1. The van der Waals surface area contributed by atoms with Gasteiger partial charge in [0.1, 0.15) is 9.52 Å². The molecular formula is C22H30Si. The van der Waals surface area contributed by atoms with Gasteiger partial charge in [0.15, 0.2) is 0 Å². The molecule has 1 heteroatoms. The second-order valence-corrected chi connectivity index (χ2v) is 8.36. The van der Waals surface area contributed by atoms with Gasteiger partial charge in [0.05, 0.1) is 0 Å². The molecule has 2 aromatic carbocycles. The number of hydrogen-bond acceptors (Lipinski definition) is 0. The average molecular weight is 323 g/mol. The molecule has 0 unspecified atom stereocenters. The van der Waals surface area contributed by atoms with E-state index in [9.17, 15) is 0 Å². The van der Waals surface area contributed by atoms with E-state index in [1.807, 2.05) is 0 Å². The Kier molecular flexibility index (Phi) is 7.10. The minimum atomic E-state index is 0.762. The van der Waals surface area contributed by atoms with Crippen molar-refractivity contribution < 1.29 is 0 Å². The van der Waals surface area contributed by atoms with E-state index in [1.54, 1.807) is 0 Å². The number of hydrogen-bond donors (Lipinski definition) is 0. The Labute approximate surface area is 145 Å². The van der Waals surface area contributed by atoms with Gasteiger partial charge in [-0.1, -0.05) is 99.4 Å². The van der Waals surface area contributed by atoms with Crippen LogP contribution in [0, 0.1) is 11.8 Å². The molecule has 0 nitrogen and oxygen atoms in total. The normalized spacial score (nSPS) is 13.7. The average Bonchev–Trinajstić information content (AvgIpc) is 2.58. The van der Waals surface area contributed by atoms with E-state index in [4.69, 9.17) is 0 Å². The smallest absolute Gasteiger partial charge is 0.0651 e. The summed E-state index contributed by atoms with van der Waals surface area (Å²) in [6.45, 7) is 9.20. The van der Waals surface area contributed by atoms with Crippen molar-refractivity contribution in [3.8, 4) is 0 Å². The van der Waals surface area contributed by atoms with E-state index in [0.29, 0.717) is 0 Å². The van der Waals surface area contributed by atoms with Crippen molar-refractivity contribution in [2.75, 3.05) is 0 Å². The lowest BCUT2D eigenvalue weighted by molar-refractivity contribution is 0.560. The fraction of sp³-hybridized carbons (Fsp3) is 0.455. The van der Waals surface area contributed by atoms with Gasteiger partial charge in [-0.05, 0) is 35.8 Å².